The summed E-state index contributed by atoms with van der Waals surface area (Å²) < 4.78 is 0. The van der Waals surface area contributed by atoms with Gasteiger partial charge in [0.2, 0.25) is 5.91 Å². The first-order valence-corrected chi connectivity index (χ1v) is 9.26. The zero-order chi connectivity index (χ0) is 20.7. The Morgan fingerprint density at radius 1 is 1.00 bits per heavy atom. The molecule has 148 valence electrons. The molecule has 6 heteroatoms. The number of carbonyl (C=O) groups is 3. The summed E-state index contributed by atoms with van der Waals surface area (Å²) in [6.07, 6.45) is 0.572. The van der Waals surface area contributed by atoms with Crippen molar-refractivity contribution >= 4 is 17.8 Å². The SMILES string of the molecule is Cc1ccccc1C(=O)NC(C(=O)NCCc1ccc(C(=O)O)cc1)C(C)C. The first kappa shape index (κ1) is 21.2. The topological polar surface area (TPSA) is 95.5 Å². The highest BCUT2D eigenvalue weighted by Crippen LogP contribution is 2.10. The average Bonchev–Trinajstić information content (AvgIpc) is 2.66. The number of carboxylic acids is 1. The summed E-state index contributed by atoms with van der Waals surface area (Å²) in [5, 5.41) is 14.6. The third-order valence-corrected chi connectivity index (χ3v) is 4.54. The Morgan fingerprint density at radius 2 is 1.64 bits per heavy atom. The Morgan fingerprint density at radius 3 is 2.21 bits per heavy atom. The van der Waals surface area contributed by atoms with Crippen LogP contribution in [-0.4, -0.2) is 35.5 Å². The fourth-order valence-electron chi connectivity index (χ4n) is 2.84. The van der Waals surface area contributed by atoms with Gasteiger partial charge in [-0.25, -0.2) is 4.79 Å². The van der Waals surface area contributed by atoms with Gasteiger partial charge in [-0.3, -0.25) is 9.59 Å². The molecule has 2 aromatic carbocycles. The number of aryl methyl sites for hydroxylation is 1. The lowest BCUT2D eigenvalue weighted by molar-refractivity contribution is -0.123. The van der Waals surface area contributed by atoms with Gasteiger partial charge in [0.15, 0.2) is 0 Å². The van der Waals surface area contributed by atoms with Crippen molar-refractivity contribution < 1.29 is 19.5 Å². The van der Waals surface area contributed by atoms with E-state index in [1.54, 1.807) is 36.4 Å². The molecule has 2 aromatic rings. The van der Waals surface area contributed by atoms with Gasteiger partial charge in [0.1, 0.15) is 6.04 Å². The van der Waals surface area contributed by atoms with E-state index in [1.807, 2.05) is 32.9 Å². The maximum atomic E-state index is 12.6. The minimum atomic E-state index is -0.968. The van der Waals surface area contributed by atoms with Crippen molar-refractivity contribution in [3.63, 3.8) is 0 Å². The van der Waals surface area contributed by atoms with Crippen molar-refractivity contribution in [3.8, 4) is 0 Å². The van der Waals surface area contributed by atoms with Crippen LogP contribution in [0.25, 0.3) is 0 Å². The second-order valence-corrected chi connectivity index (χ2v) is 7.05. The summed E-state index contributed by atoms with van der Waals surface area (Å²) in [7, 11) is 0. The summed E-state index contributed by atoms with van der Waals surface area (Å²) in [6.45, 7) is 6.02. The van der Waals surface area contributed by atoms with Gasteiger partial charge in [-0.2, -0.15) is 0 Å². The molecular formula is C22H26N2O4. The van der Waals surface area contributed by atoms with Crippen LogP contribution < -0.4 is 10.6 Å². The third-order valence-electron chi connectivity index (χ3n) is 4.54. The van der Waals surface area contributed by atoms with Crippen LogP contribution in [0.1, 0.15) is 45.7 Å². The summed E-state index contributed by atoms with van der Waals surface area (Å²) in [5.41, 5.74) is 2.56. The molecule has 6 nitrogen and oxygen atoms in total. The van der Waals surface area contributed by atoms with Gasteiger partial charge in [0.05, 0.1) is 5.56 Å². The first-order chi connectivity index (χ1) is 13.3. The van der Waals surface area contributed by atoms with Gasteiger partial charge in [0.25, 0.3) is 5.91 Å². The number of carbonyl (C=O) groups excluding carboxylic acids is 2. The number of nitrogens with one attached hydrogen (secondary N) is 2. The van der Waals surface area contributed by atoms with E-state index in [9.17, 15) is 14.4 Å². The number of amides is 2. The van der Waals surface area contributed by atoms with Crippen LogP contribution in [0, 0.1) is 12.8 Å². The second-order valence-electron chi connectivity index (χ2n) is 7.05. The highest BCUT2D eigenvalue weighted by molar-refractivity contribution is 5.98. The fraction of sp³-hybridized carbons (Fsp3) is 0.318. The summed E-state index contributed by atoms with van der Waals surface area (Å²) in [6, 6.07) is 13.2. The number of aromatic carboxylic acids is 1. The summed E-state index contributed by atoms with van der Waals surface area (Å²) >= 11 is 0. The molecule has 0 fully saturated rings. The lowest BCUT2D eigenvalue weighted by Crippen LogP contribution is -2.50. The van der Waals surface area contributed by atoms with E-state index in [0.29, 0.717) is 18.5 Å². The molecule has 2 rings (SSSR count). The molecule has 1 unspecified atom stereocenters. The number of hydrogen-bond acceptors (Lipinski definition) is 3. The zero-order valence-corrected chi connectivity index (χ0v) is 16.4. The Balaban J connectivity index is 1.92. The molecule has 0 saturated carbocycles. The molecular weight excluding hydrogens is 356 g/mol. The molecule has 0 aromatic heterocycles. The van der Waals surface area contributed by atoms with E-state index < -0.39 is 12.0 Å². The van der Waals surface area contributed by atoms with Gasteiger partial charge < -0.3 is 15.7 Å². The van der Waals surface area contributed by atoms with E-state index in [1.165, 1.54) is 0 Å². The maximum absolute atomic E-state index is 12.6. The Kier molecular flexibility index (Phi) is 7.32. The maximum Gasteiger partial charge on any atom is 0.335 e. The lowest BCUT2D eigenvalue weighted by atomic mass is 10.0. The van der Waals surface area contributed by atoms with Crippen molar-refractivity contribution in [2.45, 2.75) is 33.2 Å². The molecule has 28 heavy (non-hydrogen) atoms. The normalized spacial score (nSPS) is 11.7. The zero-order valence-electron chi connectivity index (χ0n) is 16.4. The molecule has 0 aliphatic carbocycles. The summed E-state index contributed by atoms with van der Waals surface area (Å²) in [4.78, 5) is 36.0. The van der Waals surface area contributed by atoms with Crippen LogP contribution in [-0.2, 0) is 11.2 Å². The average molecular weight is 382 g/mol. The molecule has 1 atom stereocenters. The van der Waals surface area contributed by atoms with E-state index in [4.69, 9.17) is 5.11 Å². The van der Waals surface area contributed by atoms with Crippen LogP contribution in [0.3, 0.4) is 0 Å². The smallest absolute Gasteiger partial charge is 0.335 e. The van der Waals surface area contributed by atoms with Crippen LogP contribution in [0.15, 0.2) is 48.5 Å². The second kappa shape index (κ2) is 9.69. The molecule has 2 amide bonds. The molecule has 0 bridgehead atoms. The highest BCUT2D eigenvalue weighted by Gasteiger charge is 2.24. The Hall–Kier alpha value is -3.15. The predicted octanol–water partition coefficient (Wildman–Crippen LogP) is 2.81. The molecule has 0 aliphatic heterocycles. The van der Waals surface area contributed by atoms with E-state index in [-0.39, 0.29) is 23.3 Å². The van der Waals surface area contributed by atoms with Crippen molar-refractivity contribution in [2.24, 2.45) is 5.92 Å². The molecule has 0 spiro atoms. The van der Waals surface area contributed by atoms with Crippen LogP contribution in [0.5, 0.6) is 0 Å². The van der Waals surface area contributed by atoms with Gasteiger partial charge in [-0.05, 0) is 48.6 Å². The highest BCUT2D eigenvalue weighted by atomic mass is 16.4. The number of benzene rings is 2. The van der Waals surface area contributed by atoms with E-state index >= 15 is 0 Å². The standard InChI is InChI=1S/C22H26N2O4/c1-14(2)19(24-20(25)18-7-5-4-6-15(18)3)21(26)23-13-12-16-8-10-17(11-9-16)22(27)28/h4-11,14,19H,12-13H2,1-3H3,(H,23,26)(H,24,25)(H,27,28). The Labute approximate surface area is 165 Å². The minimum absolute atomic E-state index is 0.0668. The van der Waals surface area contributed by atoms with E-state index in [2.05, 4.69) is 10.6 Å². The predicted molar refractivity (Wildman–Crippen MR) is 107 cm³/mol. The van der Waals surface area contributed by atoms with Crippen molar-refractivity contribution in [1.82, 2.24) is 10.6 Å². The first-order valence-electron chi connectivity index (χ1n) is 9.26. The minimum Gasteiger partial charge on any atom is -0.478 e. The number of rotatable bonds is 8. The molecule has 3 N–H and O–H groups in total. The lowest BCUT2D eigenvalue weighted by Gasteiger charge is -2.22. The summed E-state index contributed by atoms with van der Waals surface area (Å²) in [5.74, 6) is -1.54. The number of hydrogen-bond donors (Lipinski definition) is 3. The Bertz CT molecular complexity index is 844. The van der Waals surface area contributed by atoms with Gasteiger partial charge >= 0.3 is 5.97 Å². The third kappa shape index (κ3) is 5.67. The van der Waals surface area contributed by atoms with Crippen molar-refractivity contribution in [2.75, 3.05) is 6.54 Å². The van der Waals surface area contributed by atoms with Crippen molar-refractivity contribution in [1.29, 1.82) is 0 Å². The quantitative estimate of drug-likeness (QED) is 0.654. The molecule has 0 radical (unpaired) electrons. The van der Waals surface area contributed by atoms with Gasteiger partial charge in [-0.15, -0.1) is 0 Å². The molecule has 0 heterocycles. The van der Waals surface area contributed by atoms with Crippen LogP contribution >= 0.6 is 0 Å². The van der Waals surface area contributed by atoms with Crippen LogP contribution in [0.4, 0.5) is 0 Å². The van der Waals surface area contributed by atoms with Gasteiger partial charge in [0, 0.05) is 12.1 Å². The largest absolute Gasteiger partial charge is 0.478 e. The van der Waals surface area contributed by atoms with Crippen LogP contribution in [0.2, 0.25) is 0 Å². The fourth-order valence-corrected chi connectivity index (χ4v) is 2.84. The van der Waals surface area contributed by atoms with Crippen molar-refractivity contribution in [3.05, 3.63) is 70.8 Å². The van der Waals surface area contributed by atoms with Gasteiger partial charge in [-0.1, -0.05) is 44.2 Å². The molecule has 0 aliphatic rings. The van der Waals surface area contributed by atoms with E-state index in [0.717, 1.165) is 11.1 Å². The molecule has 0 saturated heterocycles. The number of carboxylic acid groups (broad SMARTS) is 1. The monoisotopic (exact) mass is 382 g/mol.